The molecule has 2 atom stereocenters. The molecule has 0 aromatic carbocycles. The molecule has 0 aliphatic carbocycles. The van der Waals surface area contributed by atoms with Crippen molar-refractivity contribution in [2.75, 3.05) is 13.2 Å². The quantitative estimate of drug-likeness (QED) is 0.391. The monoisotopic (exact) mass is 332 g/mol. The third-order valence-corrected chi connectivity index (χ3v) is 3.84. The summed E-state index contributed by atoms with van der Waals surface area (Å²) in [5, 5.41) is 17.1. The SMILES string of the molecule is CC(O)COC(C)CO.CCCCCCCCCCCCCC. The van der Waals surface area contributed by atoms with Crippen molar-refractivity contribution in [2.24, 2.45) is 0 Å². The Bertz CT molecular complexity index is 183. The van der Waals surface area contributed by atoms with Crippen molar-refractivity contribution in [1.82, 2.24) is 0 Å². The van der Waals surface area contributed by atoms with E-state index in [-0.39, 0.29) is 12.7 Å². The van der Waals surface area contributed by atoms with Gasteiger partial charge in [-0.1, -0.05) is 90.9 Å². The zero-order chi connectivity index (χ0) is 17.8. The van der Waals surface area contributed by atoms with Crippen molar-refractivity contribution in [2.45, 2.75) is 117 Å². The summed E-state index contributed by atoms with van der Waals surface area (Å²) in [6.45, 7) is 8.27. The molecular weight excluding hydrogens is 288 g/mol. The Labute approximate surface area is 145 Å². The topological polar surface area (TPSA) is 49.7 Å². The molecule has 142 valence electrons. The van der Waals surface area contributed by atoms with Gasteiger partial charge in [0.15, 0.2) is 0 Å². The van der Waals surface area contributed by atoms with Crippen molar-refractivity contribution in [3.05, 3.63) is 0 Å². The Morgan fingerprint density at radius 1 is 0.696 bits per heavy atom. The van der Waals surface area contributed by atoms with Crippen molar-refractivity contribution in [3.63, 3.8) is 0 Å². The number of aliphatic hydroxyl groups is 2. The van der Waals surface area contributed by atoms with E-state index >= 15 is 0 Å². The van der Waals surface area contributed by atoms with Crippen LogP contribution in [0.25, 0.3) is 0 Å². The van der Waals surface area contributed by atoms with E-state index < -0.39 is 6.10 Å². The number of unbranched alkanes of at least 4 members (excludes halogenated alkanes) is 11. The van der Waals surface area contributed by atoms with E-state index in [2.05, 4.69) is 13.8 Å². The Balaban J connectivity index is 0. The summed E-state index contributed by atoms with van der Waals surface area (Å²) >= 11 is 0. The lowest BCUT2D eigenvalue weighted by Gasteiger charge is -2.10. The molecule has 0 heterocycles. The van der Waals surface area contributed by atoms with Crippen molar-refractivity contribution in [1.29, 1.82) is 0 Å². The third kappa shape index (κ3) is 27.0. The molecule has 3 heteroatoms. The van der Waals surface area contributed by atoms with Gasteiger partial charge in [0.05, 0.1) is 25.4 Å². The molecule has 0 bridgehead atoms. The standard InChI is InChI=1S/C14H30.C6H14O3/c1-3-5-7-9-11-13-14-12-10-8-6-4-2;1-5(8)4-9-6(2)3-7/h3-14H2,1-2H3;5-8H,3-4H2,1-2H3. The van der Waals surface area contributed by atoms with Gasteiger partial charge in [0.2, 0.25) is 0 Å². The molecule has 0 radical (unpaired) electrons. The van der Waals surface area contributed by atoms with Gasteiger partial charge in [0, 0.05) is 0 Å². The van der Waals surface area contributed by atoms with E-state index in [4.69, 9.17) is 14.9 Å². The Kier molecular flexibility index (Phi) is 23.9. The minimum Gasteiger partial charge on any atom is -0.394 e. The fourth-order valence-electron chi connectivity index (χ4n) is 2.27. The minimum atomic E-state index is -0.445. The average molecular weight is 333 g/mol. The summed E-state index contributed by atoms with van der Waals surface area (Å²) in [6, 6.07) is 0. The van der Waals surface area contributed by atoms with Gasteiger partial charge in [-0.3, -0.25) is 0 Å². The normalized spacial score (nSPS) is 13.3. The molecule has 0 saturated heterocycles. The summed E-state index contributed by atoms with van der Waals surface area (Å²) < 4.78 is 4.95. The molecule has 0 spiro atoms. The minimum absolute atomic E-state index is 0.00667. The Morgan fingerprint density at radius 2 is 1.04 bits per heavy atom. The van der Waals surface area contributed by atoms with Crippen molar-refractivity contribution < 1.29 is 14.9 Å². The molecule has 0 aliphatic rings. The van der Waals surface area contributed by atoms with E-state index in [9.17, 15) is 0 Å². The van der Waals surface area contributed by atoms with Crippen LogP contribution in [-0.4, -0.2) is 35.6 Å². The summed E-state index contributed by atoms with van der Waals surface area (Å²) in [5.41, 5.74) is 0. The van der Waals surface area contributed by atoms with Gasteiger partial charge in [-0.15, -0.1) is 0 Å². The smallest absolute Gasteiger partial charge is 0.0779 e. The molecular formula is C20H44O3. The average Bonchev–Trinajstić information content (AvgIpc) is 2.55. The van der Waals surface area contributed by atoms with Crippen molar-refractivity contribution >= 4 is 0 Å². The zero-order valence-electron chi connectivity index (χ0n) is 16.4. The number of rotatable bonds is 15. The molecule has 0 rings (SSSR count). The molecule has 0 fully saturated rings. The molecule has 0 amide bonds. The number of hydrogen-bond donors (Lipinski definition) is 2. The van der Waals surface area contributed by atoms with E-state index in [1.807, 2.05) is 0 Å². The third-order valence-electron chi connectivity index (χ3n) is 3.84. The van der Waals surface area contributed by atoms with E-state index in [0.29, 0.717) is 6.61 Å². The van der Waals surface area contributed by atoms with Crippen LogP contribution in [0.5, 0.6) is 0 Å². The lowest BCUT2D eigenvalue weighted by Crippen LogP contribution is -2.19. The highest BCUT2D eigenvalue weighted by atomic mass is 16.5. The van der Waals surface area contributed by atoms with Crippen LogP contribution in [0.15, 0.2) is 0 Å². The first-order chi connectivity index (χ1) is 11.1. The van der Waals surface area contributed by atoms with Gasteiger partial charge in [-0.05, 0) is 13.8 Å². The molecule has 2 N–H and O–H groups in total. The number of hydrogen-bond acceptors (Lipinski definition) is 3. The van der Waals surface area contributed by atoms with Gasteiger partial charge in [-0.2, -0.15) is 0 Å². The Morgan fingerprint density at radius 3 is 1.30 bits per heavy atom. The molecule has 3 nitrogen and oxygen atoms in total. The van der Waals surface area contributed by atoms with Gasteiger partial charge in [-0.25, -0.2) is 0 Å². The van der Waals surface area contributed by atoms with Crippen LogP contribution in [0.2, 0.25) is 0 Å². The Hall–Kier alpha value is -0.120. The van der Waals surface area contributed by atoms with Gasteiger partial charge in [0.1, 0.15) is 0 Å². The lowest BCUT2D eigenvalue weighted by atomic mass is 10.1. The fourth-order valence-corrected chi connectivity index (χ4v) is 2.27. The highest BCUT2D eigenvalue weighted by molar-refractivity contribution is 4.48. The molecule has 0 aliphatic heterocycles. The fraction of sp³-hybridized carbons (Fsp3) is 1.00. The predicted octanol–water partition coefficient (Wildman–Crippen LogP) is 5.47. The predicted molar refractivity (Wildman–Crippen MR) is 101 cm³/mol. The highest BCUT2D eigenvalue weighted by Crippen LogP contribution is 2.11. The summed E-state index contributed by atoms with van der Waals surface area (Å²) in [5.74, 6) is 0. The van der Waals surface area contributed by atoms with Crippen LogP contribution in [0, 0.1) is 0 Å². The molecule has 0 aromatic rings. The van der Waals surface area contributed by atoms with Gasteiger partial charge < -0.3 is 14.9 Å². The first-order valence-electron chi connectivity index (χ1n) is 9.98. The summed E-state index contributed by atoms with van der Waals surface area (Å²) in [4.78, 5) is 0. The van der Waals surface area contributed by atoms with Crippen LogP contribution >= 0.6 is 0 Å². The lowest BCUT2D eigenvalue weighted by molar-refractivity contribution is -0.0177. The van der Waals surface area contributed by atoms with Gasteiger partial charge >= 0.3 is 0 Å². The molecule has 0 aromatic heterocycles. The second-order valence-corrected chi connectivity index (χ2v) is 6.71. The molecule has 0 saturated carbocycles. The van der Waals surface area contributed by atoms with Crippen LogP contribution in [0.1, 0.15) is 105 Å². The van der Waals surface area contributed by atoms with Gasteiger partial charge in [0.25, 0.3) is 0 Å². The summed E-state index contributed by atoms with van der Waals surface area (Å²) in [7, 11) is 0. The van der Waals surface area contributed by atoms with Crippen LogP contribution in [0.4, 0.5) is 0 Å². The second-order valence-electron chi connectivity index (χ2n) is 6.71. The number of ether oxygens (including phenoxy) is 1. The van der Waals surface area contributed by atoms with E-state index in [1.54, 1.807) is 13.8 Å². The first-order valence-corrected chi connectivity index (χ1v) is 9.98. The summed E-state index contributed by atoms with van der Waals surface area (Å²) in [6.07, 6.45) is 16.8. The molecule has 2 unspecified atom stereocenters. The van der Waals surface area contributed by atoms with E-state index in [1.165, 1.54) is 77.0 Å². The van der Waals surface area contributed by atoms with Crippen LogP contribution in [0.3, 0.4) is 0 Å². The highest BCUT2D eigenvalue weighted by Gasteiger charge is 2.00. The second kappa shape index (κ2) is 21.9. The van der Waals surface area contributed by atoms with Crippen LogP contribution in [-0.2, 0) is 4.74 Å². The maximum Gasteiger partial charge on any atom is 0.0779 e. The van der Waals surface area contributed by atoms with E-state index in [0.717, 1.165) is 0 Å². The van der Waals surface area contributed by atoms with Crippen molar-refractivity contribution in [3.8, 4) is 0 Å². The number of aliphatic hydroxyl groups excluding tert-OH is 2. The largest absolute Gasteiger partial charge is 0.394 e. The molecule has 23 heavy (non-hydrogen) atoms. The zero-order valence-corrected chi connectivity index (χ0v) is 16.4. The maximum atomic E-state index is 8.69. The van der Waals surface area contributed by atoms with Crippen LogP contribution < -0.4 is 0 Å². The maximum absolute atomic E-state index is 8.69. The first kappa shape index (κ1) is 25.1.